The highest BCUT2D eigenvalue weighted by Gasteiger charge is 2.38. The first-order chi connectivity index (χ1) is 12.6. The van der Waals surface area contributed by atoms with Gasteiger partial charge in [0.2, 0.25) is 0 Å². The Morgan fingerprint density at radius 1 is 1.35 bits per heavy atom. The summed E-state index contributed by atoms with van der Waals surface area (Å²) in [6, 6.07) is 4.06. The Hall–Kier alpha value is -2.10. The number of esters is 1. The third kappa shape index (κ3) is 4.54. The van der Waals surface area contributed by atoms with E-state index in [0.717, 1.165) is 32.4 Å². The molecule has 140 valence electrons. The molecule has 1 saturated carbocycles. The van der Waals surface area contributed by atoms with E-state index < -0.39 is 17.4 Å². The second-order valence-corrected chi connectivity index (χ2v) is 6.56. The first-order valence-electron chi connectivity index (χ1n) is 9.02. The molecular formula is C20H24FNO4. The Balaban J connectivity index is 1.58. The number of nitrogens with zero attached hydrogens (tertiary/aromatic N) is 1. The summed E-state index contributed by atoms with van der Waals surface area (Å²) < 4.78 is 30.5. The van der Waals surface area contributed by atoms with Crippen molar-refractivity contribution in [3.05, 3.63) is 29.6 Å². The van der Waals surface area contributed by atoms with Crippen LogP contribution in [0, 0.1) is 17.7 Å². The van der Waals surface area contributed by atoms with Crippen molar-refractivity contribution in [2.75, 3.05) is 39.5 Å². The predicted octanol–water partition coefficient (Wildman–Crippen LogP) is 2.64. The van der Waals surface area contributed by atoms with Gasteiger partial charge in [-0.2, -0.15) is 0 Å². The van der Waals surface area contributed by atoms with Gasteiger partial charge in [-0.15, -0.1) is 5.92 Å². The maximum atomic E-state index is 14.1. The largest absolute Gasteiger partial charge is 0.471 e. The van der Waals surface area contributed by atoms with Gasteiger partial charge < -0.3 is 14.2 Å². The standard InChI is InChI=1S/C20H24FNO4/c1-2-6-20(7-3-8-20)26-18-15-16(4-5-17(18)21)19(23)25-14-11-22-9-12-24-13-10-22/h4-5,15H,3,7-14H2,1H3. The van der Waals surface area contributed by atoms with Gasteiger partial charge in [0, 0.05) is 19.6 Å². The van der Waals surface area contributed by atoms with Crippen molar-refractivity contribution in [3.63, 3.8) is 0 Å². The highest BCUT2D eigenvalue weighted by Crippen LogP contribution is 2.37. The van der Waals surface area contributed by atoms with Gasteiger partial charge in [0.1, 0.15) is 6.61 Å². The molecule has 0 radical (unpaired) electrons. The second kappa shape index (κ2) is 8.52. The fourth-order valence-electron chi connectivity index (χ4n) is 3.07. The van der Waals surface area contributed by atoms with Gasteiger partial charge in [-0.1, -0.05) is 5.92 Å². The maximum absolute atomic E-state index is 14.1. The van der Waals surface area contributed by atoms with Crippen molar-refractivity contribution >= 4 is 5.97 Å². The number of hydrogen-bond acceptors (Lipinski definition) is 5. The molecule has 1 heterocycles. The zero-order chi connectivity index (χ0) is 18.4. The molecule has 0 spiro atoms. The summed E-state index contributed by atoms with van der Waals surface area (Å²) in [5.74, 6) is 4.93. The Morgan fingerprint density at radius 2 is 2.12 bits per heavy atom. The first kappa shape index (κ1) is 18.7. The lowest BCUT2D eigenvalue weighted by molar-refractivity contribution is 0.0194. The van der Waals surface area contributed by atoms with E-state index in [-0.39, 0.29) is 17.9 Å². The molecule has 1 aliphatic carbocycles. The van der Waals surface area contributed by atoms with Gasteiger partial charge >= 0.3 is 5.97 Å². The number of morpholine rings is 1. The number of ether oxygens (including phenoxy) is 3. The average molecular weight is 361 g/mol. The van der Waals surface area contributed by atoms with Crippen molar-refractivity contribution in [2.24, 2.45) is 0 Å². The van der Waals surface area contributed by atoms with Crippen LogP contribution in [-0.2, 0) is 9.47 Å². The second-order valence-electron chi connectivity index (χ2n) is 6.56. The first-order valence-corrected chi connectivity index (χ1v) is 9.02. The van der Waals surface area contributed by atoms with Crippen LogP contribution in [0.4, 0.5) is 4.39 Å². The minimum atomic E-state index is -0.631. The average Bonchev–Trinajstić information content (AvgIpc) is 2.62. The molecule has 0 amide bonds. The summed E-state index contributed by atoms with van der Waals surface area (Å²) in [7, 11) is 0. The Kier molecular flexibility index (Phi) is 6.12. The zero-order valence-corrected chi connectivity index (χ0v) is 15.1. The lowest BCUT2D eigenvalue weighted by Gasteiger charge is -2.37. The number of halogens is 1. The Labute approximate surface area is 153 Å². The molecule has 1 saturated heterocycles. The maximum Gasteiger partial charge on any atom is 0.338 e. The third-order valence-electron chi connectivity index (χ3n) is 4.73. The number of carbonyl (C=O) groups excluding carboxylic acids is 1. The normalized spacial score (nSPS) is 19.0. The van der Waals surface area contributed by atoms with Gasteiger partial charge in [0.25, 0.3) is 0 Å². The van der Waals surface area contributed by atoms with E-state index in [1.165, 1.54) is 18.2 Å². The molecule has 5 nitrogen and oxygen atoms in total. The number of benzene rings is 1. The summed E-state index contributed by atoms with van der Waals surface area (Å²) in [5, 5.41) is 0. The van der Waals surface area contributed by atoms with Crippen molar-refractivity contribution in [2.45, 2.75) is 31.8 Å². The lowest BCUT2D eigenvalue weighted by Crippen LogP contribution is -2.42. The molecule has 0 atom stereocenters. The van der Waals surface area contributed by atoms with Crippen LogP contribution in [0.1, 0.15) is 36.5 Å². The van der Waals surface area contributed by atoms with E-state index in [1.54, 1.807) is 6.92 Å². The summed E-state index contributed by atoms with van der Waals surface area (Å²) >= 11 is 0. The fourth-order valence-corrected chi connectivity index (χ4v) is 3.07. The highest BCUT2D eigenvalue weighted by molar-refractivity contribution is 5.89. The highest BCUT2D eigenvalue weighted by atomic mass is 19.1. The van der Waals surface area contributed by atoms with Gasteiger partial charge in [0.15, 0.2) is 17.2 Å². The monoisotopic (exact) mass is 361 g/mol. The van der Waals surface area contributed by atoms with Crippen molar-refractivity contribution < 1.29 is 23.4 Å². The molecule has 2 fully saturated rings. The quantitative estimate of drug-likeness (QED) is 0.576. The van der Waals surface area contributed by atoms with E-state index in [1.807, 2.05) is 0 Å². The molecule has 6 heteroatoms. The molecule has 1 aromatic carbocycles. The molecule has 0 bridgehead atoms. The predicted molar refractivity (Wildman–Crippen MR) is 94.6 cm³/mol. The summed E-state index contributed by atoms with van der Waals surface area (Å²) in [6.45, 7) is 5.78. The van der Waals surface area contributed by atoms with E-state index in [0.29, 0.717) is 19.8 Å². The summed E-state index contributed by atoms with van der Waals surface area (Å²) in [6.07, 6.45) is 2.53. The fraction of sp³-hybridized carbons (Fsp3) is 0.550. The molecule has 3 rings (SSSR count). The molecule has 0 unspecified atom stereocenters. The van der Waals surface area contributed by atoms with Gasteiger partial charge in [-0.3, -0.25) is 4.90 Å². The number of carbonyl (C=O) groups is 1. The van der Waals surface area contributed by atoms with Crippen LogP contribution < -0.4 is 4.74 Å². The Morgan fingerprint density at radius 3 is 2.77 bits per heavy atom. The smallest absolute Gasteiger partial charge is 0.338 e. The van der Waals surface area contributed by atoms with Crippen LogP contribution in [0.2, 0.25) is 0 Å². The number of rotatable bonds is 6. The van der Waals surface area contributed by atoms with E-state index in [4.69, 9.17) is 14.2 Å². The van der Waals surface area contributed by atoms with Crippen LogP contribution in [0.25, 0.3) is 0 Å². The molecule has 26 heavy (non-hydrogen) atoms. The van der Waals surface area contributed by atoms with Gasteiger partial charge in [-0.05, 0) is 44.4 Å². The van der Waals surface area contributed by atoms with Gasteiger partial charge in [-0.25, -0.2) is 9.18 Å². The SMILES string of the molecule is CC#CC1(Oc2cc(C(=O)OCCN3CCOCC3)ccc2F)CCC1. The molecular weight excluding hydrogens is 337 g/mol. The molecule has 0 aromatic heterocycles. The minimum absolute atomic E-state index is 0.0510. The van der Waals surface area contributed by atoms with Crippen LogP contribution in [0.15, 0.2) is 18.2 Å². The van der Waals surface area contributed by atoms with Crippen LogP contribution in [0.5, 0.6) is 5.75 Å². The van der Waals surface area contributed by atoms with Crippen LogP contribution in [-0.4, -0.2) is 55.9 Å². The number of hydrogen-bond donors (Lipinski definition) is 0. The van der Waals surface area contributed by atoms with E-state index in [2.05, 4.69) is 16.7 Å². The van der Waals surface area contributed by atoms with Crippen molar-refractivity contribution in [1.82, 2.24) is 4.90 Å². The van der Waals surface area contributed by atoms with Crippen LogP contribution >= 0.6 is 0 Å². The molecule has 1 aromatic rings. The summed E-state index contributed by atoms with van der Waals surface area (Å²) in [4.78, 5) is 14.4. The van der Waals surface area contributed by atoms with Crippen molar-refractivity contribution in [1.29, 1.82) is 0 Å². The zero-order valence-electron chi connectivity index (χ0n) is 15.1. The molecule has 0 N–H and O–H groups in total. The van der Waals surface area contributed by atoms with Gasteiger partial charge in [0.05, 0.1) is 18.8 Å². The topological polar surface area (TPSA) is 48.0 Å². The van der Waals surface area contributed by atoms with E-state index >= 15 is 0 Å². The summed E-state index contributed by atoms with van der Waals surface area (Å²) in [5.41, 5.74) is -0.351. The molecule has 1 aliphatic heterocycles. The van der Waals surface area contributed by atoms with Crippen molar-refractivity contribution in [3.8, 4) is 17.6 Å². The minimum Gasteiger partial charge on any atom is -0.471 e. The van der Waals surface area contributed by atoms with E-state index in [9.17, 15) is 9.18 Å². The lowest BCUT2D eigenvalue weighted by atomic mass is 9.80. The van der Waals surface area contributed by atoms with Crippen LogP contribution in [0.3, 0.4) is 0 Å². The third-order valence-corrected chi connectivity index (χ3v) is 4.73. The Bertz CT molecular complexity index is 699. The molecule has 2 aliphatic rings.